The van der Waals surface area contributed by atoms with Crippen LogP contribution in [-0.4, -0.2) is 81.1 Å². The summed E-state index contributed by atoms with van der Waals surface area (Å²) in [4.78, 5) is 6.57. The maximum Gasteiger partial charge on any atom is 0.106 e. The first kappa shape index (κ1) is 18.0. The summed E-state index contributed by atoms with van der Waals surface area (Å²) in [5.41, 5.74) is 0.942. The Balaban J connectivity index is 1.32. The first-order valence-electron chi connectivity index (χ1n) is 8.88. The number of morpholine rings is 1. The molecule has 0 aliphatic carbocycles. The highest BCUT2D eigenvalue weighted by Crippen LogP contribution is 2.17. The normalized spacial score (nSPS) is 27.2. The maximum atomic E-state index is 10.2. The number of aromatic nitrogens is 4. The number of thiazole rings is 1. The van der Waals surface area contributed by atoms with Gasteiger partial charge in [0, 0.05) is 44.0 Å². The van der Waals surface area contributed by atoms with E-state index in [1.165, 1.54) is 0 Å². The first-order chi connectivity index (χ1) is 12.8. The number of nitrogens with zero attached hydrogens (tertiary/aromatic N) is 5. The van der Waals surface area contributed by atoms with E-state index in [1.54, 1.807) is 22.2 Å². The fraction of sp³-hybridized carbons (Fsp3) is 0.688. The lowest BCUT2D eigenvalue weighted by molar-refractivity contribution is 0.0336. The molecule has 26 heavy (non-hydrogen) atoms. The molecule has 4 heterocycles. The molecule has 2 aliphatic rings. The topological polar surface area (TPSA) is 97.6 Å². The van der Waals surface area contributed by atoms with Gasteiger partial charge in [-0.3, -0.25) is 4.90 Å². The van der Waals surface area contributed by atoms with Crippen molar-refractivity contribution in [2.45, 2.75) is 37.9 Å². The van der Waals surface area contributed by atoms with Gasteiger partial charge in [0.05, 0.1) is 50.3 Å². The molecule has 0 unspecified atom stereocenters. The smallest absolute Gasteiger partial charge is 0.106 e. The number of aliphatic hydroxyl groups is 1. The summed E-state index contributed by atoms with van der Waals surface area (Å²) < 4.78 is 12.9. The lowest BCUT2D eigenvalue weighted by atomic mass is 10.1. The van der Waals surface area contributed by atoms with Gasteiger partial charge in [0.2, 0.25) is 0 Å². The number of aliphatic hydroxyl groups excluding tert-OH is 1. The van der Waals surface area contributed by atoms with E-state index in [0.29, 0.717) is 19.7 Å². The van der Waals surface area contributed by atoms with Crippen LogP contribution in [0.4, 0.5) is 0 Å². The van der Waals surface area contributed by atoms with E-state index in [1.807, 2.05) is 11.6 Å². The zero-order chi connectivity index (χ0) is 17.8. The van der Waals surface area contributed by atoms with E-state index in [9.17, 15) is 5.11 Å². The highest BCUT2D eigenvalue weighted by molar-refractivity contribution is 7.09. The summed E-state index contributed by atoms with van der Waals surface area (Å²) in [6.45, 7) is 5.68. The Hall–Kier alpha value is -1.43. The average Bonchev–Trinajstić information content (AvgIpc) is 3.38. The molecule has 0 saturated carbocycles. The van der Waals surface area contributed by atoms with Gasteiger partial charge in [-0.25, -0.2) is 9.67 Å². The van der Waals surface area contributed by atoms with Crippen LogP contribution in [0.1, 0.15) is 10.7 Å². The second-order valence-corrected chi connectivity index (χ2v) is 7.57. The van der Waals surface area contributed by atoms with E-state index in [4.69, 9.17) is 9.47 Å². The number of rotatable bonds is 7. The van der Waals surface area contributed by atoms with E-state index in [-0.39, 0.29) is 12.1 Å². The van der Waals surface area contributed by atoms with Crippen LogP contribution in [0, 0.1) is 0 Å². The van der Waals surface area contributed by atoms with Gasteiger partial charge >= 0.3 is 0 Å². The molecule has 2 aliphatic heterocycles. The fourth-order valence-corrected chi connectivity index (χ4v) is 3.90. The minimum absolute atomic E-state index is 0.147. The van der Waals surface area contributed by atoms with Crippen molar-refractivity contribution >= 4 is 11.3 Å². The highest BCUT2D eigenvalue weighted by atomic mass is 32.1. The van der Waals surface area contributed by atoms with E-state index in [2.05, 4.69) is 25.5 Å². The van der Waals surface area contributed by atoms with Crippen LogP contribution < -0.4 is 5.32 Å². The first-order valence-corrected chi connectivity index (χ1v) is 9.76. The standard InChI is InChI=1S/C16H24N6O3S/c23-13-11-25-14(16(13)18-7-15-17-1-6-26-15)10-22-9-12(19-20-22)8-21-2-4-24-5-3-21/h1,6,9,13-14,16,18,23H,2-5,7-8,10-11H2/t13-,14+,16+/m0/s1. The predicted molar refractivity (Wildman–Crippen MR) is 94.6 cm³/mol. The van der Waals surface area contributed by atoms with Gasteiger partial charge in [-0.1, -0.05) is 5.21 Å². The van der Waals surface area contributed by atoms with Gasteiger partial charge in [0.25, 0.3) is 0 Å². The van der Waals surface area contributed by atoms with E-state index >= 15 is 0 Å². The van der Waals surface area contributed by atoms with Crippen LogP contribution in [-0.2, 0) is 29.1 Å². The molecular weight excluding hydrogens is 356 g/mol. The van der Waals surface area contributed by atoms with Crippen molar-refractivity contribution in [1.29, 1.82) is 0 Å². The van der Waals surface area contributed by atoms with Crippen molar-refractivity contribution < 1.29 is 14.6 Å². The maximum absolute atomic E-state index is 10.2. The quantitative estimate of drug-likeness (QED) is 0.663. The molecule has 2 fully saturated rings. The third-order valence-corrected chi connectivity index (χ3v) is 5.49. The van der Waals surface area contributed by atoms with Crippen LogP contribution in [0.25, 0.3) is 0 Å². The van der Waals surface area contributed by atoms with E-state index in [0.717, 1.165) is 43.5 Å². The van der Waals surface area contributed by atoms with Gasteiger partial charge < -0.3 is 19.9 Å². The minimum atomic E-state index is -0.531. The van der Waals surface area contributed by atoms with E-state index < -0.39 is 6.10 Å². The zero-order valence-electron chi connectivity index (χ0n) is 14.5. The molecule has 2 aromatic rings. The van der Waals surface area contributed by atoms with Crippen molar-refractivity contribution in [1.82, 2.24) is 30.2 Å². The molecule has 0 bridgehead atoms. The van der Waals surface area contributed by atoms with Crippen molar-refractivity contribution in [2.24, 2.45) is 0 Å². The Morgan fingerprint density at radius 3 is 3.04 bits per heavy atom. The van der Waals surface area contributed by atoms with Crippen LogP contribution in [0.15, 0.2) is 17.8 Å². The average molecular weight is 380 g/mol. The monoisotopic (exact) mass is 380 g/mol. The Morgan fingerprint density at radius 2 is 2.23 bits per heavy atom. The van der Waals surface area contributed by atoms with Crippen LogP contribution >= 0.6 is 11.3 Å². The Morgan fingerprint density at radius 1 is 1.35 bits per heavy atom. The molecule has 2 N–H and O–H groups in total. The van der Waals surface area contributed by atoms with Gasteiger partial charge in [0.1, 0.15) is 5.01 Å². The van der Waals surface area contributed by atoms with Crippen LogP contribution in [0.2, 0.25) is 0 Å². The van der Waals surface area contributed by atoms with Crippen LogP contribution in [0.3, 0.4) is 0 Å². The SMILES string of the molecule is O[C@H]1CO[C@H](Cn2cc(CN3CCOCC3)nn2)[C@@H]1NCc1nccs1. The molecule has 0 spiro atoms. The molecule has 10 heteroatoms. The number of hydrogen-bond acceptors (Lipinski definition) is 9. The minimum Gasteiger partial charge on any atom is -0.389 e. The molecule has 2 saturated heterocycles. The van der Waals surface area contributed by atoms with Gasteiger partial charge in [-0.2, -0.15) is 0 Å². The second-order valence-electron chi connectivity index (χ2n) is 6.59. The summed E-state index contributed by atoms with van der Waals surface area (Å²) in [6.07, 6.45) is 3.06. The molecule has 0 radical (unpaired) electrons. The number of ether oxygens (including phenoxy) is 2. The van der Waals surface area contributed by atoms with Crippen LogP contribution in [0.5, 0.6) is 0 Å². The zero-order valence-corrected chi connectivity index (χ0v) is 15.3. The van der Waals surface area contributed by atoms with Crippen molar-refractivity contribution in [2.75, 3.05) is 32.9 Å². The Kier molecular flexibility index (Phi) is 5.88. The molecule has 3 atom stereocenters. The van der Waals surface area contributed by atoms with Crippen molar-refractivity contribution in [3.8, 4) is 0 Å². The summed E-state index contributed by atoms with van der Waals surface area (Å²) >= 11 is 1.60. The number of nitrogens with one attached hydrogen (secondary N) is 1. The lowest BCUT2D eigenvalue weighted by Crippen LogP contribution is -2.45. The molecule has 2 aromatic heterocycles. The molecule has 4 rings (SSSR count). The van der Waals surface area contributed by atoms with Crippen molar-refractivity contribution in [3.63, 3.8) is 0 Å². The molecule has 142 valence electrons. The molecule has 9 nitrogen and oxygen atoms in total. The molecule has 0 amide bonds. The van der Waals surface area contributed by atoms with Crippen molar-refractivity contribution in [3.05, 3.63) is 28.5 Å². The summed E-state index contributed by atoms with van der Waals surface area (Å²) in [5, 5.41) is 25.0. The number of hydrogen-bond donors (Lipinski definition) is 2. The Labute approximate surface area is 155 Å². The van der Waals surface area contributed by atoms with Gasteiger partial charge in [0.15, 0.2) is 0 Å². The molecular formula is C16H24N6O3S. The molecule has 0 aromatic carbocycles. The summed E-state index contributed by atoms with van der Waals surface area (Å²) in [7, 11) is 0. The predicted octanol–water partition coefficient (Wildman–Crippen LogP) is -0.515. The van der Waals surface area contributed by atoms with Gasteiger partial charge in [-0.05, 0) is 0 Å². The largest absolute Gasteiger partial charge is 0.389 e. The summed E-state index contributed by atoms with van der Waals surface area (Å²) in [5.74, 6) is 0. The Bertz CT molecular complexity index is 675. The second kappa shape index (κ2) is 8.51. The third-order valence-electron chi connectivity index (χ3n) is 4.71. The van der Waals surface area contributed by atoms with Gasteiger partial charge in [-0.15, -0.1) is 16.4 Å². The fourth-order valence-electron chi connectivity index (χ4n) is 3.33. The summed E-state index contributed by atoms with van der Waals surface area (Å²) in [6, 6.07) is -0.147. The highest BCUT2D eigenvalue weighted by Gasteiger charge is 2.36. The third kappa shape index (κ3) is 4.45. The lowest BCUT2D eigenvalue weighted by Gasteiger charge is -2.25.